The maximum atomic E-state index is 11.8. The maximum Gasteiger partial charge on any atom is 0.240 e. The molecule has 0 radical (unpaired) electrons. The van der Waals surface area contributed by atoms with Gasteiger partial charge in [-0.1, -0.05) is 32.3 Å². The number of hydrogen-bond acceptors (Lipinski definition) is 3. The van der Waals surface area contributed by atoms with Crippen LogP contribution in [-0.4, -0.2) is 21.5 Å². The molecule has 0 amide bonds. The Balaban J connectivity index is 2.05. The summed E-state index contributed by atoms with van der Waals surface area (Å²) < 4.78 is 26.0. The second-order valence-corrected chi connectivity index (χ2v) is 7.75. The average Bonchev–Trinajstić information content (AvgIpc) is 2.72. The van der Waals surface area contributed by atoms with E-state index in [9.17, 15) is 8.42 Å². The molecule has 21 heavy (non-hydrogen) atoms. The quantitative estimate of drug-likeness (QED) is 0.820. The first kappa shape index (κ1) is 16.3. The third-order valence-corrected chi connectivity index (χ3v) is 5.86. The number of anilines is 1. The van der Waals surface area contributed by atoms with Gasteiger partial charge in [-0.05, 0) is 50.4 Å². The fourth-order valence-electron chi connectivity index (χ4n) is 3.04. The van der Waals surface area contributed by atoms with Crippen LogP contribution < -0.4 is 10.0 Å². The molecule has 1 aliphatic rings. The lowest BCUT2D eigenvalue weighted by molar-refractivity contribution is 0.444. The van der Waals surface area contributed by atoms with E-state index in [-0.39, 0.29) is 0 Å². The van der Waals surface area contributed by atoms with Gasteiger partial charge in [-0.2, -0.15) is 0 Å². The topological polar surface area (TPSA) is 58.2 Å². The number of hydrogen-bond donors (Lipinski definition) is 2. The van der Waals surface area contributed by atoms with Crippen LogP contribution in [0.2, 0.25) is 0 Å². The van der Waals surface area contributed by atoms with Gasteiger partial charge in [0.15, 0.2) is 0 Å². The Morgan fingerprint density at radius 3 is 2.71 bits per heavy atom. The predicted octanol–water partition coefficient (Wildman–Crippen LogP) is 3.37. The van der Waals surface area contributed by atoms with Crippen LogP contribution in [-0.2, 0) is 10.0 Å². The Morgan fingerprint density at radius 2 is 2.00 bits per heavy atom. The standard InChI is InChI=1S/C16H26N2O2S/c1-3-13-6-4-7-14(11-10-13)18-15-8-5-9-16(12-15)21(19,20)17-2/h5,8-9,12-14,17-18H,3-4,6-7,10-11H2,1-2H3. The molecule has 2 atom stereocenters. The van der Waals surface area contributed by atoms with Gasteiger partial charge in [0.05, 0.1) is 4.90 Å². The summed E-state index contributed by atoms with van der Waals surface area (Å²) in [5.74, 6) is 0.854. The number of sulfonamides is 1. The monoisotopic (exact) mass is 310 g/mol. The number of benzene rings is 1. The zero-order valence-corrected chi connectivity index (χ0v) is 13.7. The molecule has 0 aliphatic heterocycles. The summed E-state index contributed by atoms with van der Waals surface area (Å²) in [6, 6.07) is 7.52. The molecule has 1 aromatic rings. The SMILES string of the molecule is CCC1CCCC(Nc2cccc(S(=O)(=O)NC)c2)CC1. The number of rotatable bonds is 5. The summed E-state index contributed by atoms with van der Waals surface area (Å²) in [6.07, 6.45) is 7.44. The molecule has 118 valence electrons. The highest BCUT2D eigenvalue weighted by Gasteiger charge is 2.18. The van der Waals surface area contributed by atoms with E-state index in [1.54, 1.807) is 18.2 Å². The lowest BCUT2D eigenvalue weighted by atomic mass is 9.98. The van der Waals surface area contributed by atoms with Crippen molar-refractivity contribution < 1.29 is 8.42 Å². The van der Waals surface area contributed by atoms with E-state index in [1.165, 1.54) is 45.6 Å². The first-order valence-electron chi connectivity index (χ1n) is 7.85. The molecule has 2 rings (SSSR count). The summed E-state index contributed by atoms with van der Waals surface area (Å²) in [5, 5.41) is 3.51. The van der Waals surface area contributed by atoms with Gasteiger partial charge in [-0.25, -0.2) is 13.1 Å². The minimum atomic E-state index is -3.37. The Labute approximate surface area is 128 Å². The van der Waals surface area contributed by atoms with E-state index >= 15 is 0 Å². The minimum absolute atomic E-state index is 0.315. The summed E-state index contributed by atoms with van der Waals surface area (Å²) in [6.45, 7) is 2.27. The molecule has 0 saturated heterocycles. The second kappa shape index (κ2) is 7.27. The van der Waals surface area contributed by atoms with Gasteiger partial charge in [0.25, 0.3) is 0 Å². The van der Waals surface area contributed by atoms with Crippen LogP contribution in [0.3, 0.4) is 0 Å². The largest absolute Gasteiger partial charge is 0.382 e. The van der Waals surface area contributed by atoms with Crippen LogP contribution in [0.1, 0.15) is 45.4 Å². The number of nitrogens with one attached hydrogen (secondary N) is 2. The van der Waals surface area contributed by atoms with Gasteiger partial charge in [0, 0.05) is 11.7 Å². The van der Waals surface area contributed by atoms with Gasteiger partial charge in [-0.3, -0.25) is 0 Å². The Kier molecular flexibility index (Phi) is 5.65. The first-order chi connectivity index (χ1) is 10.0. The lowest BCUT2D eigenvalue weighted by Crippen LogP contribution is -2.20. The van der Waals surface area contributed by atoms with Gasteiger partial charge in [0.2, 0.25) is 10.0 Å². The van der Waals surface area contributed by atoms with Gasteiger partial charge < -0.3 is 5.32 Å². The van der Waals surface area contributed by atoms with Crippen molar-refractivity contribution >= 4 is 15.7 Å². The fourth-order valence-corrected chi connectivity index (χ4v) is 3.81. The van der Waals surface area contributed by atoms with E-state index in [0.29, 0.717) is 10.9 Å². The van der Waals surface area contributed by atoms with Crippen molar-refractivity contribution in [2.24, 2.45) is 5.92 Å². The molecule has 0 heterocycles. The molecular weight excluding hydrogens is 284 g/mol. The van der Waals surface area contributed by atoms with E-state index in [2.05, 4.69) is 17.0 Å². The molecule has 5 heteroatoms. The third kappa shape index (κ3) is 4.45. The van der Waals surface area contributed by atoms with Crippen molar-refractivity contribution in [1.82, 2.24) is 4.72 Å². The third-order valence-electron chi connectivity index (χ3n) is 4.45. The van der Waals surface area contributed by atoms with Crippen LogP contribution in [0.15, 0.2) is 29.2 Å². The Bertz CT molecular complexity index is 557. The van der Waals surface area contributed by atoms with Crippen molar-refractivity contribution in [3.8, 4) is 0 Å². The van der Waals surface area contributed by atoms with E-state index in [1.807, 2.05) is 6.07 Å². The summed E-state index contributed by atoms with van der Waals surface area (Å²) in [7, 11) is -1.94. The van der Waals surface area contributed by atoms with Crippen LogP contribution in [0, 0.1) is 5.92 Å². The normalized spacial score (nSPS) is 23.5. The van der Waals surface area contributed by atoms with Crippen molar-refractivity contribution in [3.63, 3.8) is 0 Å². The molecule has 1 fully saturated rings. The molecule has 0 spiro atoms. The summed E-state index contributed by atoms with van der Waals surface area (Å²) in [4.78, 5) is 0.315. The van der Waals surface area contributed by atoms with Crippen LogP contribution >= 0.6 is 0 Å². The van der Waals surface area contributed by atoms with Gasteiger partial charge >= 0.3 is 0 Å². The molecule has 2 unspecified atom stereocenters. The molecule has 4 nitrogen and oxygen atoms in total. The molecule has 2 N–H and O–H groups in total. The zero-order chi connectivity index (χ0) is 15.3. The Hall–Kier alpha value is -1.07. The molecule has 1 aromatic carbocycles. The highest BCUT2D eigenvalue weighted by atomic mass is 32.2. The predicted molar refractivity (Wildman–Crippen MR) is 87.0 cm³/mol. The second-order valence-electron chi connectivity index (χ2n) is 5.86. The maximum absolute atomic E-state index is 11.8. The summed E-state index contributed by atoms with van der Waals surface area (Å²) >= 11 is 0. The van der Waals surface area contributed by atoms with Gasteiger partial charge in [-0.15, -0.1) is 0 Å². The summed E-state index contributed by atoms with van der Waals surface area (Å²) in [5.41, 5.74) is 0.895. The first-order valence-corrected chi connectivity index (χ1v) is 9.33. The van der Waals surface area contributed by atoms with Crippen LogP contribution in [0.4, 0.5) is 5.69 Å². The average molecular weight is 310 g/mol. The molecule has 1 aliphatic carbocycles. The highest BCUT2D eigenvalue weighted by Crippen LogP contribution is 2.27. The van der Waals surface area contributed by atoms with Gasteiger partial charge in [0.1, 0.15) is 0 Å². The molecule has 0 aromatic heterocycles. The highest BCUT2D eigenvalue weighted by molar-refractivity contribution is 7.89. The molecule has 0 bridgehead atoms. The Morgan fingerprint density at radius 1 is 1.19 bits per heavy atom. The van der Waals surface area contributed by atoms with Crippen molar-refractivity contribution in [1.29, 1.82) is 0 Å². The van der Waals surface area contributed by atoms with E-state index in [4.69, 9.17) is 0 Å². The fraction of sp³-hybridized carbons (Fsp3) is 0.625. The van der Waals surface area contributed by atoms with Crippen molar-refractivity contribution in [2.75, 3.05) is 12.4 Å². The van der Waals surface area contributed by atoms with Crippen LogP contribution in [0.5, 0.6) is 0 Å². The lowest BCUT2D eigenvalue weighted by Gasteiger charge is -2.18. The zero-order valence-electron chi connectivity index (χ0n) is 12.9. The van der Waals surface area contributed by atoms with Crippen molar-refractivity contribution in [2.45, 2.75) is 56.4 Å². The van der Waals surface area contributed by atoms with E-state index < -0.39 is 10.0 Å². The van der Waals surface area contributed by atoms with Crippen LogP contribution in [0.25, 0.3) is 0 Å². The molecular formula is C16H26N2O2S. The smallest absolute Gasteiger partial charge is 0.240 e. The minimum Gasteiger partial charge on any atom is -0.382 e. The van der Waals surface area contributed by atoms with Crippen molar-refractivity contribution in [3.05, 3.63) is 24.3 Å². The molecule has 1 saturated carbocycles. The van der Waals surface area contributed by atoms with E-state index in [0.717, 1.165) is 11.6 Å².